The standard InChI is InChI=1S/C18H27N5/c1-14(2)7-8-22-9-11-23(12-10-22)13-17-20-16-6-4-3-5-15(16)18(19)21-17/h3-6,14H,7-13H2,1-2H3,(H2,19,20,21). The molecular weight excluding hydrogens is 286 g/mol. The molecule has 124 valence electrons. The zero-order valence-corrected chi connectivity index (χ0v) is 14.2. The highest BCUT2D eigenvalue weighted by atomic mass is 15.3. The Balaban J connectivity index is 1.58. The molecule has 1 saturated heterocycles. The van der Waals surface area contributed by atoms with Gasteiger partial charge in [0, 0.05) is 31.6 Å². The molecule has 0 atom stereocenters. The van der Waals surface area contributed by atoms with Gasteiger partial charge in [-0.15, -0.1) is 0 Å². The summed E-state index contributed by atoms with van der Waals surface area (Å²) in [5, 5.41) is 0.940. The minimum atomic E-state index is 0.584. The molecule has 5 heteroatoms. The second-order valence-corrected chi connectivity index (χ2v) is 6.84. The van der Waals surface area contributed by atoms with Crippen LogP contribution in [0.1, 0.15) is 26.1 Å². The summed E-state index contributed by atoms with van der Waals surface area (Å²) < 4.78 is 0. The molecule has 0 amide bonds. The smallest absolute Gasteiger partial charge is 0.145 e. The van der Waals surface area contributed by atoms with Crippen molar-refractivity contribution in [1.82, 2.24) is 19.8 Å². The fourth-order valence-electron chi connectivity index (χ4n) is 3.03. The lowest BCUT2D eigenvalue weighted by Gasteiger charge is -2.34. The molecule has 0 saturated carbocycles. The van der Waals surface area contributed by atoms with E-state index in [1.165, 1.54) is 13.0 Å². The van der Waals surface area contributed by atoms with Gasteiger partial charge in [0.2, 0.25) is 0 Å². The van der Waals surface area contributed by atoms with Gasteiger partial charge in [-0.2, -0.15) is 0 Å². The molecule has 0 bridgehead atoms. The zero-order chi connectivity index (χ0) is 16.2. The lowest BCUT2D eigenvalue weighted by molar-refractivity contribution is 0.121. The molecule has 5 nitrogen and oxygen atoms in total. The van der Waals surface area contributed by atoms with Crippen molar-refractivity contribution < 1.29 is 0 Å². The summed E-state index contributed by atoms with van der Waals surface area (Å²) in [5.74, 6) is 2.19. The number of benzene rings is 1. The fraction of sp³-hybridized carbons (Fsp3) is 0.556. The second-order valence-electron chi connectivity index (χ2n) is 6.84. The molecule has 0 radical (unpaired) electrons. The summed E-state index contributed by atoms with van der Waals surface area (Å²) in [5.41, 5.74) is 7.01. The highest BCUT2D eigenvalue weighted by Gasteiger charge is 2.18. The van der Waals surface area contributed by atoms with Crippen molar-refractivity contribution >= 4 is 16.7 Å². The lowest BCUT2D eigenvalue weighted by Crippen LogP contribution is -2.46. The molecule has 0 unspecified atom stereocenters. The van der Waals surface area contributed by atoms with Crippen molar-refractivity contribution in [2.24, 2.45) is 5.92 Å². The van der Waals surface area contributed by atoms with Gasteiger partial charge in [-0.05, 0) is 31.0 Å². The van der Waals surface area contributed by atoms with Gasteiger partial charge < -0.3 is 10.6 Å². The molecule has 1 aliphatic rings. The molecule has 23 heavy (non-hydrogen) atoms. The van der Waals surface area contributed by atoms with Crippen LogP contribution in [-0.2, 0) is 6.54 Å². The topological polar surface area (TPSA) is 58.3 Å². The summed E-state index contributed by atoms with van der Waals surface area (Å²) in [7, 11) is 0. The third kappa shape index (κ3) is 4.18. The van der Waals surface area contributed by atoms with E-state index in [0.29, 0.717) is 5.82 Å². The van der Waals surface area contributed by atoms with Crippen molar-refractivity contribution in [3.8, 4) is 0 Å². The first kappa shape index (κ1) is 16.1. The molecule has 1 aromatic heterocycles. The van der Waals surface area contributed by atoms with Crippen molar-refractivity contribution in [3.63, 3.8) is 0 Å². The first-order valence-electron chi connectivity index (χ1n) is 8.57. The molecule has 0 spiro atoms. The average molecular weight is 313 g/mol. The number of para-hydroxylation sites is 1. The number of hydrogen-bond donors (Lipinski definition) is 1. The quantitative estimate of drug-likeness (QED) is 0.918. The monoisotopic (exact) mass is 313 g/mol. The van der Waals surface area contributed by atoms with Gasteiger partial charge >= 0.3 is 0 Å². The summed E-state index contributed by atoms with van der Waals surface area (Å²) in [4.78, 5) is 14.1. The molecular formula is C18H27N5. The number of nitrogens with zero attached hydrogens (tertiary/aromatic N) is 4. The highest BCUT2D eigenvalue weighted by Crippen LogP contribution is 2.18. The van der Waals surface area contributed by atoms with Crippen LogP contribution in [0.5, 0.6) is 0 Å². The largest absolute Gasteiger partial charge is 0.383 e. The summed E-state index contributed by atoms with van der Waals surface area (Å²) in [6, 6.07) is 7.94. The molecule has 0 aliphatic carbocycles. The van der Waals surface area contributed by atoms with Crippen molar-refractivity contribution in [1.29, 1.82) is 0 Å². The lowest BCUT2D eigenvalue weighted by atomic mass is 10.1. The first-order valence-corrected chi connectivity index (χ1v) is 8.57. The molecule has 2 aromatic rings. The van der Waals surface area contributed by atoms with E-state index < -0.39 is 0 Å². The van der Waals surface area contributed by atoms with E-state index in [4.69, 9.17) is 5.73 Å². The number of fused-ring (bicyclic) bond motifs is 1. The van der Waals surface area contributed by atoms with E-state index in [1.807, 2.05) is 24.3 Å². The normalized spacial score (nSPS) is 17.2. The van der Waals surface area contributed by atoms with Crippen molar-refractivity contribution in [2.45, 2.75) is 26.8 Å². The Morgan fingerprint density at radius 1 is 1.04 bits per heavy atom. The third-order valence-electron chi connectivity index (χ3n) is 4.53. The van der Waals surface area contributed by atoms with E-state index in [9.17, 15) is 0 Å². The summed E-state index contributed by atoms with van der Waals surface area (Å²) in [6.07, 6.45) is 1.28. The number of rotatable bonds is 5. The van der Waals surface area contributed by atoms with Crippen molar-refractivity contribution in [2.75, 3.05) is 38.5 Å². The van der Waals surface area contributed by atoms with E-state index in [2.05, 4.69) is 33.6 Å². The average Bonchev–Trinajstić information content (AvgIpc) is 2.54. The third-order valence-corrected chi connectivity index (χ3v) is 4.53. The number of aromatic nitrogens is 2. The fourth-order valence-corrected chi connectivity index (χ4v) is 3.03. The van der Waals surface area contributed by atoms with E-state index in [-0.39, 0.29) is 0 Å². The van der Waals surface area contributed by atoms with Crippen LogP contribution >= 0.6 is 0 Å². The van der Waals surface area contributed by atoms with Gasteiger partial charge in [-0.3, -0.25) is 4.90 Å². The molecule has 1 fully saturated rings. The van der Waals surface area contributed by atoms with Gasteiger partial charge in [-0.25, -0.2) is 9.97 Å². The Kier molecular flexibility index (Phi) is 5.08. The van der Waals surface area contributed by atoms with Crippen LogP contribution in [-0.4, -0.2) is 52.5 Å². The SMILES string of the molecule is CC(C)CCN1CCN(Cc2nc(N)c3ccccc3n2)CC1. The molecule has 2 heterocycles. The zero-order valence-electron chi connectivity index (χ0n) is 14.2. The number of nitrogen functional groups attached to an aromatic ring is 1. The number of hydrogen-bond acceptors (Lipinski definition) is 5. The van der Waals surface area contributed by atoms with Gasteiger partial charge in [0.1, 0.15) is 11.6 Å². The van der Waals surface area contributed by atoms with Crippen LogP contribution in [0.25, 0.3) is 10.9 Å². The second kappa shape index (κ2) is 7.23. The summed E-state index contributed by atoms with van der Waals surface area (Å²) in [6.45, 7) is 11.0. The van der Waals surface area contributed by atoms with Crippen molar-refractivity contribution in [3.05, 3.63) is 30.1 Å². The summed E-state index contributed by atoms with van der Waals surface area (Å²) >= 11 is 0. The van der Waals surface area contributed by atoms with E-state index in [0.717, 1.165) is 55.4 Å². The van der Waals surface area contributed by atoms with E-state index in [1.54, 1.807) is 0 Å². The number of piperazine rings is 1. The Morgan fingerprint density at radius 2 is 1.74 bits per heavy atom. The molecule has 1 aliphatic heterocycles. The molecule has 2 N–H and O–H groups in total. The van der Waals surface area contributed by atoms with Gasteiger partial charge in [0.05, 0.1) is 12.1 Å². The maximum atomic E-state index is 6.07. The Hall–Kier alpha value is -1.72. The number of nitrogens with two attached hydrogens (primary N) is 1. The van der Waals surface area contributed by atoms with Crippen LogP contribution in [0.2, 0.25) is 0 Å². The Labute approximate surface area is 138 Å². The van der Waals surface area contributed by atoms with Gasteiger partial charge in [0.15, 0.2) is 0 Å². The number of anilines is 1. The minimum Gasteiger partial charge on any atom is -0.383 e. The predicted octanol–water partition coefficient (Wildman–Crippen LogP) is 2.38. The first-order chi connectivity index (χ1) is 11.1. The van der Waals surface area contributed by atoms with Crippen LogP contribution < -0.4 is 5.73 Å². The van der Waals surface area contributed by atoms with E-state index >= 15 is 0 Å². The Bertz CT molecular complexity index is 647. The minimum absolute atomic E-state index is 0.584. The van der Waals surface area contributed by atoms with Crippen LogP contribution in [0.15, 0.2) is 24.3 Å². The molecule has 3 rings (SSSR count). The maximum absolute atomic E-state index is 6.07. The highest BCUT2D eigenvalue weighted by molar-refractivity contribution is 5.87. The van der Waals surface area contributed by atoms with Gasteiger partial charge in [-0.1, -0.05) is 26.0 Å². The van der Waals surface area contributed by atoms with Crippen LogP contribution in [0.3, 0.4) is 0 Å². The molecule has 1 aromatic carbocycles. The van der Waals surface area contributed by atoms with Gasteiger partial charge in [0.25, 0.3) is 0 Å². The maximum Gasteiger partial charge on any atom is 0.145 e. The predicted molar refractivity (Wildman–Crippen MR) is 95.1 cm³/mol. The van der Waals surface area contributed by atoms with Crippen LogP contribution in [0.4, 0.5) is 5.82 Å². The van der Waals surface area contributed by atoms with Crippen LogP contribution in [0, 0.1) is 5.92 Å². The Morgan fingerprint density at radius 3 is 2.48 bits per heavy atom.